The summed E-state index contributed by atoms with van der Waals surface area (Å²) in [5.41, 5.74) is -1.72. The van der Waals surface area contributed by atoms with Crippen LogP contribution in [0.5, 0.6) is 0 Å². The molecule has 0 aromatic rings. The molecule has 1 aliphatic rings. The summed E-state index contributed by atoms with van der Waals surface area (Å²) in [5.74, 6) is -2.72. The van der Waals surface area contributed by atoms with E-state index >= 15 is 0 Å². The number of aliphatic hydroxyl groups excluding tert-OH is 1. The van der Waals surface area contributed by atoms with Crippen LogP contribution in [0.15, 0.2) is 0 Å². The molecular formula is C20H32O10. The first-order chi connectivity index (χ1) is 13.5. The molecule has 1 fully saturated rings. The Bertz CT molecular complexity index is 657. The Morgan fingerprint density at radius 3 is 1.67 bits per heavy atom. The van der Waals surface area contributed by atoms with Gasteiger partial charge in [-0.25, -0.2) is 0 Å². The number of hydrogen-bond acceptors (Lipinski definition) is 10. The quantitative estimate of drug-likeness (QED) is 0.497. The molecule has 10 heteroatoms. The lowest BCUT2D eigenvalue weighted by Gasteiger charge is -2.43. The van der Waals surface area contributed by atoms with Crippen LogP contribution in [0, 0.1) is 10.8 Å². The van der Waals surface area contributed by atoms with Crippen molar-refractivity contribution in [2.45, 2.75) is 86.1 Å². The summed E-state index contributed by atoms with van der Waals surface area (Å²) in [4.78, 5) is 47.8. The van der Waals surface area contributed by atoms with Crippen LogP contribution in [0.3, 0.4) is 0 Å². The smallest absolute Gasteiger partial charge is 0.311 e. The van der Waals surface area contributed by atoms with Gasteiger partial charge >= 0.3 is 23.9 Å². The van der Waals surface area contributed by atoms with Crippen molar-refractivity contribution in [1.29, 1.82) is 0 Å². The molecule has 0 radical (unpaired) electrons. The van der Waals surface area contributed by atoms with Crippen molar-refractivity contribution < 1.29 is 48.0 Å². The fourth-order valence-electron chi connectivity index (χ4n) is 2.49. The van der Waals surface area contributed by atoms with Crippen LogP contribution in [0.4, 0.5) is 0 Å². The van der Waals surface area contributed by atoms with Crippen molar-refractivity contribution in [1.82, 2.24) is 0 Å². The molecule has 0 saturated carbocycles. The molecule has 0 aliphatic carbocycles. The maximum Gasteiger partial charge on any atom is 0.311 e. The van der Waals surface area contributed by atoms with E-state index in [1.807, 2.05) is 0 Å². The molecule has 1 aliphatic heterocycles. The van der Waals surface area contributed by atoms with E-state index in [1.54, 1.807) is 41.5 Å². The van der Waals surface area contributed by atoms with Crippen molar-refractivity contribution in [2.75, 3.05) is 6.61 Å². The average molecular weight is 432 g/mol. The second-order valence-electron chi connectivity index (χ2n) is 9.18. The number of carbonyl (C=O) groups excluding carboxylic acids is 4. The zero-order valence-electron chi connectivity index (χ0n) is 18.7. The summed E-state index contributed by atoms with van der Waals surface area (Å²) in [7, 11) is 0. The molecule has 0 spiro atoms. The summed E-state index contributed by atoms with van der Waals surface area (Å²) in [5, 5.41) is 10.4. The first-order valence-electron chi connectivity index (χ1n) is 9.60. The molecule has 0 amide bonds. The van der Waals surface area contributed by atoms with E-state index in [4.69, 9.17) is 23.7 Å². The standard InChI is InChI=1S/C20H32O10/c1-10(21)27-13-12(9-26-17(24)19(3,4)5)29-16(23)15(14(13)28-11(2)22)30-18(25)20(6,7)8/h12-16,23H,9H2,1-8H3/t12-,13+,14+,15-,16+/m1/s1. The van der Waals surface area contributed by atoms with E-state index in [0.29, 0.717) is 0 Å². The monoisotopic (exact) mass is 432 g/mol. The molecule has 1 N–H and O–H groups in total. The lowest BCUT2D eigenvalue weighted by Crippen LogP contribution is -2.62. The van der Waals surface area contributed by atoms with E-state index in [-0.39, 0.29) is 6.61 Å². The Balaban J connectivity index is 3.19. The van der Waals surface area contributed by atoms with E-state index in [9.17, 15) is 24.3 Å². The van der Waals surface area contributed by atoms with Crippen LogP contribution < -0.4 is 0 Å². The number of rotatable bonds is 5. The Hall–Kier alpha value is -2.20. The molecule has 30 heavy (non-hydrogen) atoms. The highest BCUT2D eigenvalue weighted by atomic mass is 16.7. The highest BCUT2D eigenvalue weighted by molar-refractivity contribution is 5.76. The average Bonchev–Trinajstić information content (AvgIpc) is 2.55. The first-order valence-corrected chi connectivity index (χ1v) is 9.60. The molecule has 1 saturated heterocycles. The third-order valence-corrected chi connectivity index (χ3v) is 4.06. The second-order valence-corrected chi connectivity index (χ2v) is 9.18. The van der Waals surface area contributed by atoms with Crippen molar-refractivity contribution in [3.8, 4) is 0 Å². The van der Waals surface area contributed by atoms with Gasteiger partial charge in [-0.3, -0.25) is 19.2 Å². The number of carbonyl (C=O) groups is 4. The summed E-state index contributed by atoms with van der Waals surface area (Å²) in [6.07, 6.45) is -7.00. The second kappa shape index (κ2) is 9.74. The molecule has 0 bridgehead atoms. The fourth-order valence-corrected chi connectivity index (χ4v) is 2.49. The third kappa shape index (κ3) is 7.24. The summed E-state index contributed by atoms with van der Waals surface area (Å²) < 4.78 is 26.5. The van der Waals surface area contributed by atoms with Gasteiger partial charge in [0.25, 0.3) is 0 Å². The number of ether oxygens (including phenoxy) is 5. The highest BCUT2D eigenvalue weighted by Crippen LogP contribution is 2.30. The summed E-state index contributed by atoms with van der Waals surface area (Å²) in [6, 6.07) is 0. The summed E-state index contributed by atoms with van der Waals surface area (Å²) in [6.45, 7) is 11.6. The van der Waals surface area contributed by atoms with E-state index in [2.05, 4.69) is 0 Å². The van der Waals surface area contributed by atoms with Gasteiger partial charge in [-0.2, -0.15) is 0 Å². The van der Waals surface area contributed by atoms with Crippen LogP contribution in [0.2, 0.25) is 0 Å². The molecule has 1 heterocycles. The minimum Gasteiger partial charge on any atom is -0.462 e. The van der Waals surface area contributed by atoms with Gasteiger partial charge in [-0.05, 0) is 41.5 Å². The zero-order valence-corrected chi connectivity index (χ0v) is 18.7. The molecule has 10 nitrogen and oxygen atoms in total. The van der Waals surface area contributed by atoms with E-state index < -0.39 is 65.4 Å². The van der Waals surface area contributed by atoms with Crippen LogP contribution in [0.25, 0.3) is 0 Å². The predicted molar refractivity (Wildman–Crippen MR) is 102 cm³/mol. The van der Waals surface area contributed by atoms with Crippen molar-refractivity contribution in [3.63, 3.8) is 0 Å². The van der Waals surface area contributed by atoms with Crippen molar-refractivity contribution >= 4 is 23.9 Å². The number of esters is 4. The van der Waals surface area contributed by atoms with Gasteiger partial charge in [0.05, 0.1) is 10.8 Å². The normalized spacial score (nSPS) is 27.0. The highest BCUT2D eigenvalue weighted by Gasteiger charge is 2.52. The van der Waals surface area contributed by atoms with Gasteiger partial charge in [-0.15, -0.1) is 0 Å². The predicted octanol–water partition coefficient (Wildman–Crippen LogP) is 1.11. The molecule has 0 unspecified atom stereocenters. The largest absolute Gasteiger partial charge is 0.462 e. The maximum absolute atomic E-state index is 12.3. The van der Waals surface area contributed by atoms with Gasteiger partial charge in [0.2, 0.25) is 0 Å². The lowest BCUT2D eigenvalue weighted by atomic mass is 9.95. The van der Waals surface area contributed by atoms with E-state index in [0.717, 1.165) is 13.8 Å². The van der Waals surface area contributed by atoms with Gasteiger partial charge in [0, 0.05) is 13.8 Å². The van der Waals surface area contributed by atoms with Gasteiger partial charge in [0.1, 0.15) is 12.7 Å². The van der Waals surface area contributed by atoms with Crippen LogP contribution in [-0.4, -0.2) is 66.3 Å². The maximum atomic E-state index is 12.3. The first kappa shape index (κ1) is 25.8. The molecule has 1 rings (SSSR count). The zero-order chi connectivity index (χ0) is 23.4. The lowest BCUT2D eigenvalue weighted by molar-refractivity contribution is -0.298. The Kier molecular flexibility index (Phi) is 8.39. The topological polar surface area (TPSA) is 135 Å². The van der Waals surface area contributed by atoms with E-state index in [1.165, 1.54) is 0 Å². The number of hydrogen-bond donors (Lipinski definition) is 1. The summed E-state index contributed by atoms with van der Waals surface area (Å²) >= 11 is 0. The Morgan fingerprint density at radius 1 is 0.767 bits per heavy atom. The van der Waals surface area contributed by atoms with Crippen LogP contribution in [0.1, 0.15) is 55.4 Å². The molecule has 0 aromatic carbocycles. The third-order valence-electron chi connectivity index (χ3n) is 4.06. The fraction of sp³-hybridized carbons (Fsp3) is 0.800. The SMILES string of the molecule is CC(=O)O[C@@H]1[C@@H](OC(=O)C(C)(C)C)[C@@H](O)O[C@H](COC(=O)C(C)(C)C)[C@@H]1OC(C)=O. The molecule has 172 valence electrons. The molecule has 5 atom stereocenters. The van der Waals surface area contributed by atoms with Crippen molar-refractivity contribution in [2.24, 2.45) is 10.8 Å². The number of aliphatic hydroxyl groups is 1. The van der Waals surface area contributed by atoms with Crippen LogP contribution >= 0.6 is 0 Å². The molecule has 0 aromatic heterocycles. The molecular weight excluding hydrogens is 400 g/mol. The van der Waals surface area contributed by atoms with Crippen molar-refractivity contribution in [3.05, 3.63) is 0 Å². The van der Waals surface area contributed by atoms with Gasteiger partial charge in [-0.1, -0.05) is 0 Å². The Morgan fingerprint density at radius 2 is 1.23 bits per heavy atom. The van der Waals surface area contributed by atoms with Crippen LogP contribution in [-0.2, 0) is 42.9 Å². The Labute approximate surface area is 176 Å². The minimum atomic E-state index is -1.72. The van der Waals surface area contributed by atoms with Gasteiger partial charge < -0.3 is 28.8 Å². The van der Waals surface area contributed by atoms with Gasteiger partial charge in [0.15, 0.2) is 24.6 Å². The minimum absolute atomic E-state index is 0.386.